The highest BCUT2D eigenvalue weighted by Crippen LogP contribution is 1.89. The van der Waals surface area contributed by atoms with Crippen molar-refractivity contribution in [3.05, 3.63) is 25.0 Å². The van der Waals surface area contributed by atoms with Gasteiger partial charge >= 0.3 is 0 Å². The van der Waals surface area contributed by atoms with Crippen molar-refractivity contribution in [3.63, 3.8) is 0 Å². The highest BCUT2D eigenvalue weighted by Gasteiger charge is 1.74. The zero-order chi connectivity index (χ0) is 4.24. The van der Waals surface area contributed by atoms with Crippen molar-refractivity contribution in [1.29, 1.82) is 0 Å². The smallest absolute Gasteiger partial charge is 0.125 e. The highest BCUT2D eigenvalue weighted by atomic mass is 16.5. The second kappa shape index (κ2) is 6.00. The van der Waals surface area contributed by atoms with Gasteiger partial charge in [-0.3, -0.25) is 0 Å². The lowest BCUT2D eigenvalue weighted by Gasteiger charge is -1.94. The summed E-state index contributed by atoms with van der Waals surface area (Å²) in [6.45, 7) is 0. The third kappa shape index (κ3) is 3.20. The molecule has 0 aromatic rings. The molecular formula is C4H10N2O2. The summed E-state index contributed by atoms with van der Waals surface area (Å²) in [6, 6.07) is 0. The molecule has 0 saturated heterocycles. The van der Waals surface area contributed by atoms with Gasteiger partial charge in [0.2, 0.25) is 0 Å². The first-order chi connectivity index (χ1) is 3.00. The molecule has 0 aromatic carbocycles. The fourth-order valence-corrected chi connectivity index (χ4v) is 0.219. The first kappa shape index (κ1) is 10.1. The Labute approximate surface area is 47.9 Å². The Morgan fingerprint density at radius 3 is 1.00 bits per heavy atom. The van der Waals surface area contributed by atoms with E-state index >= 15 is 0 Å². The molecule has 0 saturated carbocycles. The summed E-state index contributed by atoms with van der Waals surface area (Å²) in [4.78, 5) is 0. The maximum atomic E-state index is 4.58. The maximum absolute atomic E-state index is 4.58. The fraction of sp³-hybridized carbons (Fsp3) is 0. The zero-order valence-corrected chi connectivity index (χ0v) is 4.54. The van der Waals surface area contributed by atoms with E-state index < -0.39 is 0 Å². The second-order valence-electron chi connectivity index (χ2n) is 0.816. The van der Waals surface area contributed by atoms with Crippen molar-refractivity contribution in [1.82, 2.24) is 12.3 Å². The standard InChI is InChI=1S/C4H4O2.2H3N/c1-2-6-4-3-5-1;;/h1-4H;2*1H3. The van der Waals surface area contributed by atoms with Crippen molar-refractivity contribution in [2.75, 3.05) is 0 Å². The molecular weight excluding hydrogens is 108 g/mol. The van der Waals surface area contributed by atoms with Crippen LogP contribution in [0.25, 0.3) is 0 Å². The Kier molecular flexibility index (Phi) is 7.56. The van der Waals surface area contributed by atoms with Crippen LogP contribution in [0.1, 0.15) is 0 Å². The molecule has 1 heterocycles. The van der Waals surface area contributed by atoms with Gasteiger partial charge in [0.1, 0.15) is 25.0 Å². The summed E-state index contributed by atoms with van der Waals surface area (Å²) in [5.74, 6) is 0. The third-order valence-electron chi connectivity index (χ3n) is 0.425. The molecule has 6 N–H and O–H groups in total. The topological polar surface area (TPSA) is 88.5 Å². The summed E-state index contributed by atoms with van der Waals surface area (Å²) in [7, 11) is 0. The summed E-state index contributed by atoms with van der Waals surface area (Å²) in [5.41, 5.74) is 0. The van der Waals surface area contributed by atoms with Crippen molar-refractivity contribution < 1.29 is 9.47 Å². The van der Waals surface area contributed by atoms with Gasteiger partial charge in [0.15, 0.2) is 0 Å². The van der Waals surface area contributed by atoms with Crippen LogP contribution in [0.15, 0.2) is 25.0 Å². The Morgan fingerprint density at radius 1 is 0.625 bits per heavy atom. The van der Waals surface area contributed by atoms with Crippen molar-refractivity contribution in [3.8, 4) is 0 Å². The largest absolute Gasteiger partial charge is 0.466 e. The predicted octanol–water partition coefficient (Wildman–Crippen LogP) is 1.30. The molecule has 0 amide bonds. The van der Waals surface area contributed by atoms with E-state index in [0.29, 0.717) is 0 Å². The SMILES string of the molecule is C1=COC=CO1.N.N. The fourth-order valence-electron chi connectivity index (χ4n) is 0.219. The molecule has 0 spiro atoms. The van der Waals surface area contributed by atoms with E-state index in [0.717, 1.165) is 0 Å². The first-order valence-corrected chi connectivity index (χ1v) is 1.61. The molecule has 0 radical (unpaired) electrons. The molecule has 0 unspecified atom stereocenters. The average Bonchev–Trinajstić information content (AvgIpc) is 1.72. The summed E-state index contributed by atoms with van der Waals surface area (Å²) >= 11 is 0. The zero-order valence-electron chi connectivity index (χ0n) is 4.54. The van der Waals surface area contributed by atoms with E-state index in [1.54, 1.807) is 0 Å². The van der Waals surface area contributed by atoms with Crippen molar-refractivity contribution in [2.45, 2.75) is 0 Å². The van der Waals surface area contributed by atoms with Crippen molar-refractivity contribution in [2.24, 2.45) is 0 Å². The molecule has 0 fully saturated rings. The average molecular weight is 118 g/mol. The van der Waals surface area contributed by atoms with Gasteiger partial charge < -0.3 is 21.8 Å². The van der Waals surface area contributed by atoms with Gasteiger partial charge in [-0.05, 0) is 0 Å². The molecule has 0 aliphatic carbocycles. The molecule has 0 aromatic heterocycles. The Bertz CT molecular complexity index is 70.0. The van der Waals surface area contributed by atoms with E-state index in [4.69, 9.17) is 0 Å². The normalized spacial score (nSPS) is 12.0. The van der Waals surface area contributed by atoms with Gasteiger partial charge in [-0.25, -0.2) is 0 Å². The van der Waals surface area contributed by atoms with Crippen LogP contribution in [0.5, 0.6) is 0 Å². The van der Waals surface area contributed by atoms with E-state index in [-0.39, 0.29) is 12.3 Å². The summed E-state index contributed by atoms with van der Waals surface area (Å²) in [5, 5.41) is 0. The van der Waals surface area contributed by atoms with Crippen LogP contribution < -0.4 is 12.3 Å². The predicted molar refractivity (Wildman–Crippen MR) is 30.5 cm³/mol. The molecule has 4 heteroatoms. The van der Waals surface area contributed by atoms with Crippen LogP contribution in [0.4, 0.5) is 0 Å². The van der Waals surface area contributed by atoms with Crippen LogP contribution in [-0.4, -0.2) is 0 Å². The van der Waals surface area contributed by atoms with Crippen LogP contribution in [0.2, 0.25) is 0 Å². The van der Waals surface area contributed by atoms with Crippen LogP contribution >= 0.6 is 0 Å². The minimum absolute atomic E-state index is 0. The number of rotatable bonds is 0. The summed E-state index contributed by atoms with van der Waals surface area (Å²) < 4.78 is 9.17. The van der Waals surface area contributed by atoms with Crippen LogP contribution in [-0.2, 0) is 9.47 Å². The maximum Gasteiger partial charge on any atom is 0.125 e. The van der Waals surface area contributed by atoms with Gasteiger partial charge in [0.05, 0.1) is 0 Å². The number of hydrogen-bond donors (Lipinski definition) is 2. The molecule has 1 aliphatic rings. The van der Waals surface area contributed by atoms with Gasteiger partial charge in [-0.15, -0.1) is 0 Å². The van der Waals surface area contributed by atoms with E-state index in [1.807, 2.05) is 0 Å². The monoisotopic (exact) mass is 118 g/mol. The first-order valence-electron chi connectivity index (χ1n) is 1.61. The second-order valence-corrected chi connectivity index (χ2v) is 0.816. The number of hydrogen-bond acceptors (Lipinski definition) is 4. The Hall–Kier alpha value is -1.00. The summed E-state index contributed by atoms with van der Waals surface area (Å²) in [6.07, 6.45) is 5.83. The lowest BCUT2D eigenvalue weighted by atomic mass is 10.9. The van der Waals surface area contributed by atoms with Gasteiger partial charge in [-0.1, -0.05) is 0 Å². The molecule has 48 valence electrons. The molecule has 1 aliphatic heterocycles. The molecule has 8 heavy (non-hydrogen) atoms. The van der Waals surface area contributed by atoms with Gasteiger partial charge in [0, 0.05) is 0 Å². The molecule has 4 nitrogen and oxygen atoms in total. The van der Waals surface area contributed by atoms with E-state index in [2.05, 4.69) is 9.47 Å². The highest BCUT2D eigenvalue weighted by molar-refractivity contribution is 4.77. The minimum atomic E-state index is 0. The van der Waals surface area contributed by atoms with E-state index in [9.17, 15) is 0 Å². The Balaban J connectivity index is 0. The quantitative estimate of drug-likeness (QED) is 0.501. The molecule has 0 atom stereocenters. The van der Waals surface area contributed by atoms with Crippen molar-refractivity contribution >= 4 is 0 Å². The van der Waals surface area contributed by atoms with Gasteiger partial charge in [-0.2, -0.15) is 0 Å². The lowest BCUT2D eigenvalue weighted by Crippen LogP contribution is -1.74. The molecule has 0 bridgehead atoms. The molecule has 1 rings (SSSR count). The number of ether oxygens (including phenoxy) is 2. The third-order valence-corrected chi connectivity index (χ3v) is 0.425. The van der Waals surface area contributed by atoms with E-state index in [1.165, 1.54) is 25.0 Å². The van der Waals surface area contributed by atoms with Gasteiger partial charge in [0.25, 0.3) is 0 Å². The van der Waals surface area contributed by atoms with Crippen LogP contribution in [0.3, 0.4) is 0 Å². The minimum Gasteiger partial charge on any atom is -0.466 e. The Morgan fingerprint density at radius 2 is 0.875 bits per heavy atom. The van der Waals surface area contributed by atoms with Crippen LogP contribution in [0, 0.1) is 0 Å². The lowest BCUT2D eigenvalue weighted by molar-refractivity contribution is 0.290.